The van der Waals surface area contributed by atoms with Gasteiger partial charge in [-0.15, -0.1) is 0 Å². The second-order valence-electron chi connectivity index (χ2n) is 2.98. The first-order valence-corrected chi connectivity index (χ1v) is 4.38. The molecule has 0 fully saturated rings. The fourth-order valence-corrected chi connectivity index (χ4v) is 1.05. The number of carbonyl (C=O) groups is 1. The van der Waals surface area contributed by atoms with Crippen LogP contribution in [0.4, 0.5) is 0 Å². The Morgan fingerprint density at radius 3 is 2.77 bits per heavy atom. The van der Waals surface area contributed by atoms with Crippen molar-refractivity contribution in [2.45, 2.75) is 13.3 Å². The molecule has 0 aliphatic carbocycles. The van der Waals surface area contributed by atoms with E-state index < -0.39 is 0 Å². The zero-order chi connectivity index (χ0) is 9.52. The van der Waals surface area contributed by atoms with E-state index in [1.807, 2.05) is 12.1 Å². The van der Waals surface area contributed by atoms with Gasteiger partial charge in [0.1, 0.15) is 5.78 Å². The minimum atomic E-state index is 0.176. The van der Waals surface area contributed by atoms with E-state index in [1.54, 1.807) is 19.3 Å². The van der Waals surface area contributed by atoms with E-state index in [-0.39, 0.29) is 5.78 Å². The van der Waals surface area contributed by atoms with Crippen LogP contribution < -0.4 is 5.32 Å². The Kier molecular flexibility index (Phi) is 4.12. The van der Waals surface area contributed by atoms with Gasteiger partial charge < -0.3 is 5.32 Å². The minimum Gasteiger partial charge on any atom is -0.310 e. The van der Waals surface area contributed by atoms with Gasteiger partial charge >= 0.3 is 0 Å². The summed E-state index contributed by atoms with van der Waals surface area (Å²) in [6.45, 7) is 2.88. The Morgan fingerprint density at radius 1 is 1.46 bits per heavy atom. The van der Waals surface area contributed by atoms with Gasteiger partial charge in [0.25, 0.3) is 0 Å². The first-order valence-electron chi connectivity index (χ1n) is 4.38. The van der Waals surface area contributed by atoms with Crippen molar-refractivity contribution in [1.29, 1.82) is 0 Å². The van der Waals surface area contributed by atoms with Crippen molar-refractivity contribution in [2.75, 3.05) is 13.1 Å². The molecule has 0 bridgehead atoms. The van der Waals surface area contributed by atoms with E-state index in [0.29, 0.717) is 6.54 Å². The van der Waals surface area contributed by atoms with Crippen LogP contribution >= 0.6 is 0 Å². The van der Waals surface area contributed by atoms with Gasteiger partial charge in [-0.2, -0.15) is 0 Å². The fourth-order valence-electron chi connectivity index (χ4n) is 1.05. The summed E-state index contributed by atoms with van der Waals surface area (Å²) < 4.78 is 0. The molecule has 0 aliphatic rings. The average molecular weight is 178 g/mol. The Hall–Kier alpha value is -1.22. The molecule has 0 saturated heterocycles. The third kappa shape index (κ3) is 4.38. The highest BCUT2D eigenvalue weighted by Crippen LogP contribution is 1.95. The molecule has 3 heteroatoms. The maximum absolute atomic E-state index is 10.6. The number of ketones is 1. The fraction of sp³-hybridized carbons (Fsp3) is 0.400. The molecule has 1 aromatic heterocycles. The van der Waals surface area contributed by atoms with E-state index in [4.69, 9.17) is 0 Å². The molecule has 0 atom stereocenters. The molecule has 1 rings (SSSR count). The number of hydrogen-bond donors (Lipinski definition) is 1. The Morgan fingerprint density at radius 2 is 2.15 bits per heavy atom. The summed E-state index contributed by atoms with van der Waals surface area (Å²) in [6, 6.07) is 3.96. The Labute approximate surface area is 78.2 Å². The first-order chi connectivity index (χ1) is 6.29. The van der Waals surface area contributed by atoms with E-state index in [1.165, 1.54) is 5.56 Å². The molecular formula is C10H14N2O. The molecule has 1 N–H and O–H groups in total. The largest absolute Gasteiger partial charge is 0.310 e. The number of nitrogens with zero attached hydrogens (tertiary/aromatic N) is 1. The molecule has 0 saturated carbocycles. The molecular weight excluding hydrogens is 164 g/mol. The molecule has 0 aromatic carbocycles. The van der Waals surface area contributed by atoms with Gasteiger partial charge in [-0.05, 0) is 37.6 Å². The minimum absolute atomic E-state index is 0.176. The van der Waals surface area contributed by atoms with Crippen molar-refractivity contribution in [2.24, 2.45) is 0 Å². The maximum Gasteiger partial charge on any atom is 0.143 e. The predicted molar refractivity (Wildman–Crippen MR) is 51.5 cm³/mol. The number of carbonyl (C=O) groups excluding carboxylic acids is 1. The number of aromatic nitrogens is 1. The standard InChI is InChI=1S/C10H14N2O/c1-9(13)8-12-7-4-10-2-5-11-6-3-10/h2-3,5-6,12H,4,7-8H2,1H3. The van der Waals surface area contributed by atoms with Gasteiger partial charge in [-0.25, -0.2) is 0 Å². The van der Waals surface area contributed by atoms with Crippen LogP contribution in [0.25, 0.3) is 0 Å². The van der Waals surface area contributed by atoms with Gasteiger partial charge in [0.2, 0.25) is 0 Å². The first kappa shape index (κ1) is 9.86. The SMILES string of the molecule is CC(=O)CNCCc1ccncc1. The van der Waals surface area contributed by atoms with Crippen molar-refractivity contribution in [3.8, 4) is 0 Å². The Balaban J connectivity index is 2.17. The lowest BCUT2D eigenvalue weighted by Gasteiger charge is -2.01. The number of pyridine rings is 1. The summed E-state index contributed by atoms with van der Waals surface area (Å²) in [5.74, 6) is 0.176. The predicted octanol–water partition coefficient (Wildman–Crippen LogP) is 0.803. The van der Waals surface area contributed by atoms with Crippen LogP contribution in [0.5, 0.6) is 0 Å². The molecule has 0 radical (unpaired) electrons. The second kappa shape index (κ2) is 5.43. The van der Waals surface area contributed by atoms with E-state index >= 15 is 0 Å². The van der Waals surface area contributed by atoms with Crippen molar-refractivity contribution in [1.82, 2.24) is 10.3 Å². The zero-order valence-electron chi connectivity index (χ0n) is 7.79. The van der Waals surface area contributed by atoms with Crippen molar-refractivity contribution >= 4 is 5.78 Å². The lowest BCUT2D eigenvalue weighted by atomic mass is 10.2. The lowest BCUT2D eigenvalue weighted by molar-refractivity contribution is -0.116. The summed E-state index contributed by atoms with van der Waals surface area (Å²) in [5.41, 5.74) is 1.24. The normalized spacial score (nSPS) is 9.92. The molecule has 13 heavy (non-hydrogen) atoms. The van der Waals surface area contributed by atoms with Crippen LogP contribution in [0.2, 0.25) is 0 Å². The number of rotatable bonds is 5. The van der Waals surface area contributed by atoms with Crippen LogP contribution in [0.15, 0.2) is 24.5 Å². The molecule has 70 valence electrons. The third-order valence-corrected chi connectivity index (χ3v) is 1.71. The van der Waals surface area contributed by atoms with Crippen LogP contribution in [-0.2, 0) is 11.2 Å². The molecule has 0 spiro atoms. The van der Waals surface area contributed by atoms with Crippen LogP contribution in [0.1, 0.15) is 12.5 Å². The summed E-state index contributed by atoms with van der Waals surface area (Å²) in [5, 5.41) is 3.06. The van der Waals surface area contributed by atoms with E-state index in [0.717, 1.165) is 13.0 Å². The van der Waals surface area contributed by atoms with Crippen molar-refractivity contribution in [3.63, 3.8) is 0 Å². The van der Waals surface area contributed by atoms with Gasteiger partial charge in [-0.1, -0.05) is 0 Å². The highest BCUT2D eigenvalue weighted by atomic mass is 16.1. The maximum atomic E-state index is 10.6. The molecule has 0 unspecified atom stereocenters. The lowest BCUT2D eigenvalue weighted by Crippen LogP contribution is -2.23. The van der Waals surface area contributed by atoms with Crippen LogP contribution in [0, 0.1) is 0 Å². The highest BCUT2D eigenvalue weighted by Gasteiger charge is 1.93. The smallest absolute Gasteiger partial charge is 0.143 e. The molecule has 1 aromatic rings. The summed E-state index contributed by atoms with van der Waals surface area (Å²) in [4.78, 5) is 14.5. The Bertz CT molecular complexity index is 259. The number of Topliss-reactive ketones (excluding diaryl/α,β-unsaturated/α-hetero) is 1. The van der Waals surface area contributed by atoms with Crippen LogP contribution in [-0.4, -0.2) is 23.9 Å². The monoisotopic (exact) mass is 178 g/mol. The highest BCUT2D eigenvalue weighted by molar-refractivity contribution is 5.77. The second-order valence-corrected chi connectivity index (χ2v) is 2.98. The van der Waals surface area contributed by atoms with Crippen molar-refractivity contribution in [3.05, 3.63) is 30.1 Å². The van der Waals surface area contributed by atoms with E-state index in [2.05, 4.69) is 10.3 Å². The topological polar surface area (TPSA) is 42.0 Å². The van der Waals surface area contributed by atoms with Crippen LogP contribution in [0.3, 0.4) is 0 Å². The quantitative estimate of drug-likeness (QED) is 0.678. The summed E-state index contributed by atoms with van der Waals surface area (Å²) in [7, 11) is 0. The third-order valence-electron chi connectivity index (χ3n) is 1.71. The van der Waals surface area contributed by atoms with E-state index in [9.17, 15) is 4.79 Å². The molecule has 1 heterocycles. The van der Waals surface area contributed by atoms with Gasteiger partial charge in [0.05, 0.1) is 6.54 Å². The number of hydrogen-bond acceptors (Lipinski definition) is 3. The number of nitrogens with one attached hydrogen (secondary N) is 1. The van der Waals surface area contributed by atoms with Gasteiger partial charge in [0.15, 0.2) is 0 Å². The van der Waals surface area contributed by atoms with Gasteiger partial charge in [0, 0.05) is 12.4 Å². The average Bonchev–Trinajstić information content (AvgIpc) is 2.14. The van der Waals surface area contributed by atoms with Gasteiger partial charge in [-0.3, -0.25) is 9.78 Å². The van der Waals surface area contributed by atoms with Crippen molar-refractivity contribution < 1.29 is 4.79 Å². The molecule has 0 amide bonds. The molecule has 0 aliphatic heterocycles. The summed E-state index contributed by atoms with van der Waals surface area (Å²) in [6.07, 6.45) is 4.50. The molecule has 3 nitrogen and oxygen atoms in total. The summed E-state index contributed by atoms with van der Waals surface area (Å²) >= 11 is 0. The zero-order valence-corrected chi connectivity index (χ0v) is 7.79.